The van der Waals surface area contributed by atoms with E-state index in [-0.39, 0.29) is 6.04 Å². The monoisotopic (exact) mass is 295 g/mol. The molecule has 0 aromatic heterocycles. The molecule has 0 amide bonds. The van der Waals surface area contributed by atoms with Crippen molar-refractivity contribution in [2.45, 2.75) is 58.4 Å². The van der Waals surface area contributed by atoms with Crippen molar-refractivity contribution in [2.24, 2.45) is 5.73 Å². The van der Waals surface area contributed by atoms with Crippen molar-refractivity contribution in [2.75, 3.05) is 12.9 Å². The van der Waals surface area contributed by atoms with Crippen LogP contribution in [0.1, 0.15) is 49.3 Å². The zero-order valence-corrected chi connectivity index (χ0v) is 14.0. The van der Waals surface area contributed by atoms with E-state index in [0.29, 0.717) is 0 Å². The third-order valence-electron chi connectivity index (χ3n) is 3.64. The van der Waals surface area contributed by atoms with Crippen molar-refractivity contribution in [1.29, 1.82) is 0 Å². The molecule has 0 bridgehead atoms. The second-order valence-electron chi connectivity index (χ2n) is 5.66. The molecule has 0 aliphatic heterocycles. The molecule has 1 aromatic rings. The van der Waals surface area contributed by atoms with E-state index < -0.39 is 0 Å². The van der Waals surface area contributed by atoms with Gasteiger partial charge in [0.05, 0.1) is 7.11 Å². The lowest BCUT2D eigenvalue weighted by molar-refractivity contribution is 0.408. The Morgan fingerprint density at radius 3 is 2.45 bits per heavy atom. The van der Waals surface area contributed by atoms with E-state index >= 15 is 0 Å². The molecule has 0 saturated heterocycles. The van der Waals surface area contributed by atoms with E-state index in [9.17, 15) is 0 Å². The molecular formula is C17H29NOS. The van der Waals surface area contributed by atoms with Crippen LogP contribution in [0.2, 0.25) is 0 Å². The first kappa shape index (κ1) is 17.4. The van der Waals surface area contributed by atoms with Gasteiger partial charge in [-0.2, -0.15) is 12.6 Å². The van der Waals surface area contributed by atoms with E-state index in [0.717, 1.165) is 24.3 Å². The molecule has 1 aromatic carbocycles. The van der Waals surface area contributed by atoms with E-state index in [1.807, 2.05) is 6.92 Å². The first-order valence-electron chi connectivity index (χ1n) is 7.61. The van der Waals surface area contributed by atoms with E-state index in [2.05, 4.69) is 31.7 Å². The topological polar surface area (TPSA) is 35.2 Å². The van der Waals surface area contributed by atoms with Crippen LogP contribution < -0.4 is 10.5 Å². The molecular weight excluding hydrogens is 266 g/mol. The molecule has 2 nitrogen and oxygen atoms in total. The van der Waals surface area contributed by atoms with Crippen molar-refractivity contribution in [3.63, 3.8) is 0 Å². The van der Waals surface area contributed by atoms with Gasteiger partial charge in [-0.1, -0.05) is 18.9 Å². The highest BCUT2D eigenvalue weighted by Gasteiger charge is 2.09. The Labute approximate surface area is 129 Å². The second kappa shape index (κ2) is 9.30. The first-order valence-corrected chi connectivity index (χ1v) is 8.24. The van der Waals surface area contributed by atoms with Crippen LogP contribution >= 0.6 is 12.6 Å². The Morgan fingerprint density at radius 1 is 1.15 bits per heavy atom. The minimum Gasteiger partial charge on any atom is -0.496 e. The Bertz CT molecular complexity index is 404. The maximum atomic E-state index is 5.90. The fourth-order valence-electron chi connectivity index (χ4n) is 2.52. The van der Waals surface area contributed by atoms with Gasteiger partial charge in [-0.25, -0.2) is 0 Å². The normalized spacial score (nSPS) is 12.4. The summed E-state index contributed by atoms with van der Waals surface area (Å²) < 4.78 is 5.55. The maximum Gasteiger partial charge on any atom is 0.122 e. The average molecular weight is 295 g/mol. The van der Waals surface area contributed by atoms with Crippen LogP contribution in [0.5, 0.6) is 5.75 Å². The molecule has 0 radical (unpaired) electrons. The summed E-state index contributed by atoms with van der Waals surface area (Å²) in [6.45, 7) is 4.21. The SMILES string of the molecule is COc1cc(CC(C)N)c(C)cc1CCCCCCS. The summed E-state index contributed by atoms with van der Waals surface area (Å²) in [7, 11) is 1.75. The van der Waals surface area contributed by atoms with Gasteiger partial charge in [0.1, 0.15) is 5.75 Å². The van der Waals surface area contributed by atoms with Crippen LogP contribution in [0.15, 0.2) is 12.1 Å². The van der Waals surface area contributed by atoms with Crippen molar-refractivity contribution < 1.29 is 4.74 Å². The molecule has 2 N–H and O–H groups in total. The quantitative estimate of drug-likeness (QED) is 0.535. The summed E-state index contributed by atoms with van der Waals surface area (Å²) in [6.07, 6.45) is 6.97. The summed E-state index contributed by atoms with van der Waals surface area (Å²) in [5.41, 5.74) is 9.85. The predicted octanol–water partition coefficient (Wildman–Crippen LogP) is 3.93. The van der Waals surface area contributed by atoms with Crippen LogP contribution in [0, 0.1) is 6.92 Å². The first-order chi connectivity index (χ1) is 9.58. The van der Waals surface area contributed by atoms with Gasteiger partial charge in [-0.3, -0.25) is 0 Å². The highest BCUT2D eigenvalue weighted by Crippen LogP contribution is 2.26. The Hall–Kier alpha value is -0.670. The van der Waals surface area contributed by atoms with Gasteiger partial charge in [-0.05, 0) is 68.0 Å². The Balaban J connectivity index is 2.68. The number of hydrogen-bond acceptors (Lipinski definition) is 3. The molecule has 20 heavy (non-hydrogen) atoms. The molecule has 0 aliphatic rings. The molecule has 0 heterocycles. The molecule has 0 fully saturated rings. The lowest BCUT2D eigenvalue weighted by atomic mass is 9.96. The largest absolute Gasteiger partial charge is 0.496 e. The maximum absolute atomic E-state index is 5.90. The van der Waals surface area contributed by atoms with Crippen LogP contribution in [0.3, 0.4) is 0 Å². The van der Waals surface area contributed by atoms with Crippen molar-refractivity contribution in [3.8, 4) is 5.75 Å². The minimum absolute atomic E-state index is 0.186. The van der Waals surface area contributed by atoms with Gasteiger partial charge in [-0.15, -0.1) is 0 Å². The van der Waals surface area contributed by atoms with Crippen LogP contribution in [0.4, 0.5) is 0 Å². The molecule has 0 aliphatic carbocycles. The van der Waals surface area contributed by atoms with Gasteiger partial charge in [0.25, 0.3) is 0 Å². The summed E-state index contributed by atoms with van der Waals surface area (Å²) in [5, 5.41) is 0. The zero-order chi connectivity index (χ0) is 15.0. The molecule has 114 valence electrons. The average Bonchev–Trinajstić information content (AvgIpc) is 2.40. The molecule has 1 rings (SSSR count). The summed E-state index contributed by atoms with van der Waals surface area (Å²) in [4.78, 5) is 0. The lowest BCUT2D eigenvalue weighted by Gasteiger charge is -2.15. The summed E-state index contributed by atoms with van der Waals surface area (Å²) in [6, 6.07) is 4.63. The zero-order valence-electron chi connectivity index (χ0n) is 13.1. The molecule has 3 heteroatoms. The number of nitrogens with two attached hydrogens (primary N) is 1. The fourth-order valence-corrected chi connectivity index (χ4v) is 2.75. The number of rotatable bonds is 9. The highest BCUT2D eigenvalue weighted by atomic mass is 32.1. The summed E-state index contributed by atoms with van der Waals surface area (Å²) >= 11 is 4.25. The van der Waals surface area contributed by atoms with Gasteiger partial charge < -0.3 is 10.5 Å². The second-order valence-corrected chi connectivity index (χ2v) is 6.11. The number of aryl methyl sites for hydroxylation is 2. The Kier molecular flexibility index (Phi) is 8.08. The van der Waals surface area contributed by atoms with Crippen LogP contribution in [-0.4, -0.2) is 18.9 Å². The number of methoxy groups -OCH3 is 1. The number of hydrogen-bond donors (Lipinski definition) is 2. The summed E-state index contributed by atoms with van der Waals surface area (Å²) in [5.74, 6) is 2.01. The van der Waals surface area contributed by atoms with Gasteiger partial charge in [0.2, 0.25) is 0 Å². The molecule has 1 unspecified atom stereocenters. The molecule has 1 atom stereocenters. The predicted molar refractivity (Wildman–Crippen MR) is 91.1 cm³/mol. The lowest BCUT2D eigenvalue weighted by Crippen LogP contribution is -2.18. The molecule has 0 spiro atoms. The van der Waals surface area contributed by atoms with Gasteiger partial charge in [0.15, 0.2) is 0 Å². The van der Waals surface area contributed by atoms with Crippen molar-refractivity contribution >= 4 is 12.6 Å². The minimum atomic E-state index is 0.186. The number of benzene rings is 1. The van der Waals surface area contributed by atoms with Gasteiger partial charge >= 0.3 is 0 Å². The molecule has 0 saturated carbocycles. The van der Waals surface area contributed by atoms with E-state index in [4.69, 9.17) is 10.5 Å². The van der Waals surface area contributed by atoms with Crippen molar-refractivity contribution in [3.05, 3.63) is 28.8 Å². The Morgan fingerprint density at radius 2 is 1.85 bits per heavy atom. The number of ether oxygens (including phenoxy) is 1. The van der Waals surface area contributed by atoms with E-state index in [1.54, 1.807) is 7.11 Å². The number of unbranched alkanes of at least 4 members (excludes halogenated alkanes) is 3. The third-order valence-corrected chi connectivity index (χ3v) is 3.95. The van der Waals surface area contributed by atoms with Gasteiger partial charge in [0, 0.05) is 6.04 Å². The van der Waals surface area contributed by atoms with E-state index in [1.165, 1.54) is 42.4 Å². The van der Waals surface area contributed by atoms with Crippen LogP contribution in [0.25, 0.3) is 0 Å². The smallest absolute Gasteiger partial charge is 0.122 e. The highest BCUT2D eigenvalue weighted by molar-refractivity contribution is 7.80. The fraction of sp³-hybridized carbons (Fsp3) is 0.647. The van der Waals surface area contributed by atoms with Crippen molar-refractivity contribution in [1.82, 2.24) is 0 Å². The third kappa shape index (κ3) is 5.76. The standard InChI is InChI=1S/C17H29NOS/c1-13-10-15(8-6-4-5-7-9-20)17(19-3)12-16(13)11-14(2)18/h10,12,14,20H,4-9,11,18H2,1-3H3. The van der Waals surface area contributed by atoms with Crippen LogP contribution in [-0.2, 0) is 12.8 Å². The number of thiol groups is 1.